The number of nitro groups is 1. The number of hydrogen-bond acceptors (Lipinski definition) is 5. The SMILES string of the molecule is CC(=O)c1ccc(OC(=O)/C=C/c2cccc([N+](=O)[O-])c2)cc1. The number of rotatable bonds is 5. The summed E-state index contributed by atoms with van der Waals surface area (Å²) in [5.74, 6) is -0.385. The highest BCUT2D eigenvalue weighted by molar-refractivity contribution is 5.94. The van der Waals surface area contributed by atoms with E-state index >= 15 is 0 Å². The van der Waals surface area contributed by atoms with Crippen LogP contribution in [0.15, 0.2) is 54.6 Å². The normalized spacial score (nSPS) is 10.5. The van der Waals surface area contributed by atoms with E-state index in [2.05, 4.69) is 0 Å². The van der Waals surface area contributed by atoms with Crippen molar-refractivity contribution in [1.82, 2.24) is 0 Å². The summed E-state index contributed by atoms with van der Waals surface area (Å²) < 4.78 is 5.08. The summed E-state index contributed by atoms with van der Waals surface area (Å²) in [4.78, 5) is 33.0. The van der Waals surface area contributed by atoms with E-state index < -0.39 is 10.9 Å². The number of carbonyl (C=O) groups is 2. The molecule has 0 spiro atoms. The molecule has 0 saturated carbocycles. The molecule has 2 rings (SSSR count). The quantitative estimate of drug-likeness (QED) is 0.211. The van der Waals surface area contributed by atoms with E-state index in [1.54, 1.807) is 18.2 Å². The second-order valence-electron chi connectivity index (χ2n) is 4.69. The molecule has 0 aliphatic carbocycles. The topological polar surface area (TPSA) is 86.5 Å². The first kappa shape index (κ1) is 16.1. The molecule has 2 aromatic rings. The van der Waals surface area contributed by atoms with Gasteiger partial charge in [0.1, 0.15) is 5.75 Å². The first-order valence-corrected chi connectivity index (χ1v) is 6.71. The lowest BCUT2D eigenvalue weighted by Gasteiger charge is -2.02. The molecule has 0 atom stereocenters. The molecular formula is C17H13NO5. The first-order valence-electron chi connectivity index (χ1n) is 6.71. The number of nitrogens with zero attached hydrogens (tertiary/aromatic N) is 1. The number of nitro benzene ring substituents is 1. The van der Waals surface area contributed by atoms with E-state index in [0.29, 0.717) is 16.9 Å². The maximum Gasteiger partial charge on any atom is 0.336 e. The summed E-state index contributed by atoms with van der Waals surface area (Å²) in [5, 5.41) is 10.7. The number of hydrogen-bond donors (Lipinski definition) is 0. The number of benzene rings is 2. The molecule has 0 amide bonds. The van der Waals surface area contributed by atoms with Crippen LogP contribution in [0.5, 0.6) is 5.75 Å². The molecular weight excluding hydrogens is 298 g/mol. The smallest absolute Gasteiger partial charge is 0.336 e. The average molecular weight is 311 g/mol. The van der Waals surface area contributed by atoms with Gasteiger partial charge < -0.3 is 4.74 Å². The Hall–Kier alpha value is -3.28. The van der Waals surface area contributed by atoms with E-state index in [-0.39, 0.29) is 11.5 Å². The molecule has 0 aliphatic rings. The van der Waals surface area contributed by atoms with Gasteiger partial charge in [-0.25, -0.2) is 4.79 Å². The minimum Gasteiger partial charge on any atom is -0.423 e. The van der Waals surface area contributed by atoms with Gasteiger partial charge in [-0.3, -0.25) is 14.9 Å². The van der Waals surface area contributed by atoms with Gasteiger partial charge in [-0.05, 0) is 42.8 Å². The molecule has 116 valence electrons. The van der Waals surface area contributed by atoms with Crippen LogP contribution in [0, 0.1) is 10.1 Å². The molecule has 2 aromatic carbocycles. The summed E-state index contributed by atoms with van der Waals surface area (Å²) in [6.07, 6.45) is 2.61. The van der Waals surface area contributed by atoms with Crippen molar-refractivity contribution in [2.24, 2.45) is 0 Å². The van der Waals surface area contributed by atoms with E-state index in [1.165, 1.54) is 49.4 Å². The summed E-state index contributed by atoms with van der Waals surface area (Å²) in [6.45, 7) is 1.45. The van der Waals surface area contributed by atoms with Gasteiger partial charge in [0.2, 0.25) is 0 Å². The third-order valence-electron chi connectivity index (χ3n) is 2.97. The molecule has 0 fully saturated rings. The minimum absolute atomic E-state index is 0.0552. The van der Waals surface area contributed by atoms with Crippen molar-refractivity contribution in [3.63, 3.8) is 0 Å². The Morgan fingerprint density at radius 1 is 1.13 bits per heavy atom. The number of ether oxygens (including phenoxy) is 1. The number of Topliss-reactive ketones (excluding diaryl/α,β-unsaturated/α-hetero) is 1. The lowest BCUT2D eigenvalue weighted by molar-refractivity contribution is -0.384. The van der Waals surface area contributed by atoms with Crippen molar-refractivity contribution < 1.29 is 19.2 Å². The zero-order valence-corrected chi connectivity index (χ0v) is 12.3. The maximum atomic E-state index is 11.7. The molecule has 0 bridgehead atoms. The molecule has 0 aliphatic heterocycles. The Balaban J connectivity index is 2.02. The summed E-state index contributed by atoms with van der Waals surface area (Å²) in [6, 6.07) is 12.1. The van der Waals surface area contributed by atoms with Crippen LogP contribution in [0.2, 0.25) is 0 Å². The number of non-ortho nitro benzene ring substituents is 1. The van der Waals surface area contributed by atoms with Crippen molar-refractivity contribution in [2.75, 3.05) is 0 Å². The largest absolute Gasteiger partial charge is 0.423 e. The van der Waals surface area contributed by atoms with Gasteiger partial charge in [-0.2, -0.15) is 0 Å². The number of ketones is 1. The fourth-order valence-corrected chi connectivity index (χ4v) is 1.81. The first-order chi connectivity index (χ1) is 11.0. The van der Waals surface area contributed by atoms with Crippen molar-refractivity contribution in [3.8, 4) is 5.75 Å². The molecule has 6 nitrogen and oxygen atoms in total. The van der Waals surface area contributed by atoms with Gasteiger partial charge in [0.05, 0.1) is 4.92 Å². The fraction of sp³-hybridized carbons (Fsp3) is 0.0588. The predicted molar refractivity (Wildman–Crippen MR) is 84.2 cm³/mol. The van der Waals surface area contributed by atoms with Crippen LogP contribution in [0.3, 0.4) is 0 Å². The van der Waals surface area contributed by atoms with Crippen molar-refractivity contribution >= 4 is 23.5 Å². The fourth-order valence-electron chi connectivity index (χ4n) is 1.81. The Bertz CT molecular complexity index is 778. The third kappa shape index (κ3) is 4.60. The minimum atomic E-state index is -0.618. The highest BCUT2D eigenvalue weighted by Crippen LogP contribution is 2.15. The highest BCUT2D eigenvalue weighted by atomic mass is 16.6. The zero-order chi connectivity index (χ0) is 16.8. The van der Waals surface area contributed by atoms with Crippen molar-refractivity contribution in [2.45, 2.75) is 6.92 Å². The molecule has 0 unspecified atom stereocenters. The van der Waals surface area contributed by atoms with Gasteiger partial charge in [0.15, 0.2) is 5.78 Å². The van der Waals surface area contributed by atoms with Crippen LogP contribution >= 0.6 is 0 Å². The summed E-state index contributed by atoms with van der Waals surface area (Å²) in [5.41, 5.74) is 0.986. The zero-order valence-electron chi connectivity index (χ0n) is 12.3. The lowest BCUT2D eigenvalue weighted by Crippen LogP contribution is -2.04. The van der Waals surface area contributed by atoms with E-state index in [4.69, 9.17) is 4.74 Å². The van der Waals surface area contributed by atoms with Crippen LogP contribution in [0.1, 0.15) is 22.8 Å². The Morgan fingerprint density at radius 2 is 1.83 bits per heavy atom. The van der Waals surface area contributed by atoms with Crippen molar-refractivity contribution in [3.05, 3.63) is 75.8 Å². The van der Waals surface area contributed by atoms with Gasteiger partial charge >= 0.3 is 5.97 Å². The number of esters is 1. The van der Waals surface area contributed by atoms with Gasteiger partial charge in [-0.1, -0.05) is 12.1 Å². The summed E-state index contributed by atoms with van der Waals surface area (Å²) in [7, 11) is 0. The number of carbonyl (C=O) groups excluding carboxylic acids is 2. The average Bonchev–Trinajstić information content (AvgIpc) is 2.53. The third-order valence-corrected chi connectivity index (χ3v) is 2.97. The molecule has 0 heterocycles. The Kier molecular flexibility index (Phi) is 4.99. The lowest BCUT2D eigenvalue weighted by atomic mass is 10.1. The second kappa shape index (κ2) is 7.13. The van der Waals surface area contributed by atoms with Gasteiger partial charge in [0.25, 0.3) is 5.69 Å². The van der Waals surface area contributed by atoms with E-state index in [0.717, 1.165) is 0 Å². The van der Waals surface area contributed by atoms with Gasteiger partial charge in [0, 0.05) is 23.8 Å². The van der Waals surface area contributed by atoms with Crippen LogP contribution in [0.25, 0.3) is 6.08 Å². The maximum absolute atomic E-state index is 11.7. The van der Waals surface area contributed by atoms with Crippen LogP contribution in [0.4, 0.5) is 5.69 Å². The van der Waals surface area contributed by atoms with Crippen molar-refractivity contribution in [1.29, 1.82) is 0 Å². The standard InChI is InChI=1S/C17H13NO5/c1-12(19)14-6-8-16(9-7-14)23-17(20)10-5-13-3-2-4-15(11-13)18(21)22/h2-11H,1H3/b10-5+. The van der Waals surface area contributed by atoms with Crippen LogP contribution in [-0.4, -0.2) is 16.7 Å². The highest BCUT2D eigenvalue weighted by Gasteiger charge is 2.05. The summed E-state index contributed by atoms with van der Waals surface area (Å²) >= 11 is 0. The molecule has 23 heavy (non-hydrogen) atoms. The van der Waals surface area contributed by atoms with E-state index in [9.17, 15) is 19.7 Å². The van der Waals surface area contributed by atoms with Crippen LogP contribution < -0.4 is 4.74 Å². The molecule has 0 radical (unpaired) electrons. The Labute approximate surface area is 132 Å². The molecule has 6 heteroatoms. The van der Waals surface area contributed by atoms with Crippen LogP contribution in [-0.2, 0) is 4.79 Å². The monoisotopic (exact) mass is 311 g/mol. The van der Waals surface area contributed by atoms with E-state index in [1.807, 2.05) is 0 Å². The Morgan fingerprint density at radius 3 is 2.43 bits per heavy atom. The molecule has 0 aromatic heterocycles. The second-order valence-corrected chi connectivity index (χ2v) is 4.69. The molecule has 0 N–H and O–H groups in total. The van der Waals surface area contributed by atoms with Gasteiger partial charge in [-0.15, -0.1) is 0 Å². The molecule has 0 saturated heterocycles. The predicted octanol–water partition coefficient (Wildman–Crippen LogP) is 3.42.